The van der Waals surface area contributed by atoms with Crippen molar-refractivity contribution < 1.29 is 8.42 Å². The fourth-order valence-electron chi connectivity index (χ4n) is 2.56. The SMILES string of the molecule is CNCC1CCN(S(=O)(=O)c2cc(Cl)c(C)c(Cl)c2)CC1. The van der Waals surface area contributed by atoms with E-state index in [-0.39, 0.29) is 4.90 Å². The van der Waals surface area contributed by atoms with Crippen LogP contribution in [-0.2, 0) is 10.0 Å². The summed E-state index contributed by atoms with van der Waals surface area (Å²) in [6, 6.07) is 2.97. The van der Waals surface area contributed by atoms with Gasteiger partial charge in [-0.3, -0.25) is 0 Å². The van der Waals surface area contributed by atoms with Gasteiger partial charge in [-0.1, -0.05) is 23.2 Å². The fourth-order valence-corrected chi connectivity index (χ4v) is 4.70. The number of piperidine rings is 1. The molecule has 1 aromatic rings. The molecule has 0 atom stereocenters. The van der Waals surface area contributed by atoms with Gasteiger partial charge in [-0.25, -0.2) is 8.42 Å². The molecule has 21 heavy (non-hydrogen) atoms. The first-order valence-electron chi connectivity index (χ1n) is 6.96. The molecule has 1 heterocycles. The maximum Gasteiger partial charge on any atom is 0.243 e. The topological polar surface area (TPSA) is 49.4 Å². The maximum atomic E-state index is 12.7. The van der Waals surface area contributed by atoms with Crippen molar-refractivity contribution in [2.45, 2.75) is 24.7 Å². The quantitative estimate of drug-likeness (QED) is 0.908. The van der Waals surface area contributed by atoms with Gasteiger partial charge in [0, 0.05) is 23.1 Å². The van der Waals surface area contributed by atoms with E-state index in [4.69, 9.17) is 23.2 Å². The highest BCUT2D eigenvalue weighted by Crippen LogP contribution is 2.30. The van der Waals surface area contributed by atoms with Crippen LogP contribution in [0.1, 0.15) is 18.4 Å². The molecule has 0 amide bonds. The molecule has 0 saturated carbocycles. The van der Waals surface area contributed by atoms with E-state index in [9.17, 15) is 8.42 Å². The van der Waals surface area contributed by atoms with Gasteiger partial charge < -0.3 is 5.32 Å². The molecule has 4 nitrogen and oxygen atoms in total. The summed E-state index contributed by atoms with van der Waals surface area (Å²) in [4.78, 5) is 0.176. The average molecular weight is 351 g/mol. The summed E-state index contributed by atoms with van der Waals surface area (Å²) in [6.45, 7) is 3.77. The third-order valence-corrected chi connectivity index (χ3v) is 6.62. The van der Waals surface area contributed by atoms with Crippen LogP contribution in [0.2, 0.25) is 10.0 Å². The maximum absolute atomic E-state index is 12.7. The van der Waals surface area contributed by atoms with Crippen molar-refractivity contribution in [1.82, 2.24) is 9.62 Å². The molecule has 0 radical (unpaired) electrons. The van der Waals surface area contributed by atoms with Gasteiger partial charge in [-0.2, -0.15) is 4.31 Å². The molecule has 0 unspecified atom stereocenters. The number of benzene rings is 1. The lowest BCUT2D eigenvalue weighted by molar-refractivity contribution is 0.270. The Bertz CT molecular complexity index is 588. The number of rotatable bonds is 4. The molecule has 0 bridgehead atoms. The lowest BCUT2D eigenvalue weighted by Crippen LogP contribution is -2.40. The van der Waals surface area contributed by atoms with Crippen LogP contribution in [0.5, 0.6) is 0 Å². The van der Waals surface area contributed by atoms with Crippen LogP contribution in [0.4, 0.5) is 0 Å². The van der Waals surface area contributed by atoms with Crippen molar-refractivity contribution in [1.29, 1.82) is 0 Å². The molecule has 7 heteroatoms. The Morgan fingerprint density at radius 1 is 1.24 bits per heavy atom. The van der Waals surface area contributed by atoms with Crippen LogP contribution in [0, 0.1) is 12.8 Å². The molecule has 2 rings (SSSR count). The highest BCUT2D eigenvalue weighted by Gasteiger charge is 2.29. The summed E-state index contributed by atoms with van der Waals surface area (Å²) in [5, 5.41) is 3.90. The summed E-state index contributed by atoms with van der Waals surface area (Å²) in [7, 11) is -1.60. The smallest absolute Gasteiger partial charge is 0.243 e. The second-order valence-electron chi connectivity index (χ2n) is 5.42. The highest BCUT2D eigenvalue weighted by atomic mass is 35.5. The first-order valence-corrected chi connectivity index (χ1v) is 9.16. The number of hydrogen-bond donors (Lipinski definition) is 1. The van der Waals surface area contributed by atoms with E-state index in [1.54, 1.807) is 6.92 Å². The van der Waals surface area contributed by atoms with E-state index >= 15 is 0 Å². The van der Waals surface area contributed by atoms with Gasteiger partial charge in [-0.05, 0) is 57.0 Å². The minimum Gasteiger partial charge on any atom is -0.319 e. The second kappa shape index (κ2) is 6.84. The summed E-state index contributed by atoms with van der Waals surface area (Å²) in [5.74, 6) is 0.534. The van der Waals surface area contributed by atoms with Crippen LogP contribution < -0.4 is 5.32 Å². The zero-order chi connectivity index (χ0) is 15.6. The normalized spacial score (nSPS) is 18.1. The van der Waals surface area contributed by atoms with Gasteiger partial charge in [-0.15, -0.1) is 0 Å². The molecule has 0 aromatic heterocycles. The van der Waals surface area contributed by atoms with Crippen molar-refractivity contribution in [3.63, 3.8) is 0 Å². The van der Waals surface area contributed by atoms with Crippen molar-refractivity contribution >= 4 is 33.2 Å². The van der Waals surface area contributed by atoms with Crippen molar-refractivity contribution in [3.8, 4) is 0 Å². The minimum atomic E-state index is -3.52. The zero-order valence-electron chi connectivity index (χ0n) is 12.2. The van der Waals surface area contributed by atoms with Gasteiger partial charge >= 0.3 is 0 Å². The molecule has 1 saturated heterocycles. The van der Waals surface area contributed by atoms with Crippen LogP contribution in [-0.4, -0.2) is 39.4 Å². The van der Waals surface area contributed by atoms with Gasteiger partial charge in [0.1, 0.15) is 0 Å². The fraction of sp³-hybridized carbons (Fsp3) is 0.571. The zero-order valence-corrected chi connectivity index (χ0v) is 14.5. The predicted molar refractivity (Wildman–Crippen MR) is 86.6 cm³/mol. The molecule has 0 aliphatic carbocycles. The predicted octanol–water partition coefficient (Wildman–Crippen LogP) is 2.92. The van der Waals surface area contributed by atoms with Gasteiger partial charge in [0.2, 0.25) is 10.0 Å². The first-order chi connectivity index (χ1) is 9.86. The molecule has 118 valence electrons. The number of nitrogens with zero attached hydrogens (tertiary/aromatic N) is 1. The Labute approximate surface area is 136 Å². The van der Waals surface area contributed by atoms with Crippen LogP contribution in [0.25, 0.3) is 0 Å². The number of nitrogens with one attached hydrogen (secondary N) is 1. The molecule has 1 aromatic carbocycles. The number of sulfonamides is 1. The highest BCUT2D eigenvalue weighted by molar-refractivity contribution is 7.89. The van der Waals surface area contributed by atoms with E-state index in [2.05, 4.69) is 5.32 Å². The number of hydrogen-bond acceptors (Lipinski definition) is 3. The number of halogens is 2. The summed E-state index contributed by atoms with van der Waals surface area (Å²) < 4.78 is 26.8. The third-order valence-electron chi connectivity index (χ3n) is 3.96. The molecule has 1 fully saturated rings. The Morgan fingerprint density at radius 2 is 1.76 bits per heavy atom. The lowest BCUT2D eigenvalue weighted by atomic mass is 9.98. The summed E-state index contributed by atoms with van der Waals surface area (Å²) >= 11 is 12.1. The minimum absolute atomic E-state index is 0.176. The Morgan fingerprint density at radius 3 is 2.24 bits per heavy atom. The van der Waals surface area contributed by atoms with Crippen LogP contribution in [0.15, 0.2) is 17.0 Å². The van der Waals surface area contributed by atoms with E-state index in [0.29, 0.717) is 34.6 Å². The largest absolute Gasteiger partial charge is 0.319 e. The Hall–Kier alpha value is -0.330. The molecule has 1 N–H and O–H groups in total. The third kappa shape index (κ3) is 3.71. The Kier molecular flexibility index (Phi) is 5.54. The molecular weight excluding hydrogens is 331 g/mol. The average Bonchev–Trinajstić information content (AvgIpc) is 2.45. The van der Waals surface area contributed by atoms with E-state index < -0.39 is 10.0 Å². The molecule has 1 aliphatic rings. The molecule has 0 spiro atoms. The van der Waals surface area contributed by atoms with Gasteiger partial charge in [0.25, 0.3) is 0 Å². The second-order valence-corrected chi connectivity index (χ2v) is 8.17. The van der Waals surface area contributed by atoms with Crippen LogP contribution in [0.3, 0.4) is 0 Å². The standard InChI is InChI=1S/C14H20Cl2N2O2S/c1-10-13(15)7-12(8-14(10)16)21(19,20)18-5-3-11(4-6-18)9-17-2/h7-8,11,17H,3-6,9H2,1-2H3. The summed E-state index contributed by atoms with van der Waals surface area (Å²) in [6.07, 6.45) is 1.74. The van der Waals surface area contributed by atoms with E-state index in [0.717, 1.165) is 19.4 Å². The Balaban J connectivity index is 2.20. The first kappa shape index (κ1) is 17.0. The summed E-state index contributed by atoms with van der Waals surface area (Å²) in [5.41, 5.74) is 0.699. The van der Waals surface area contributed by atoms with E-state index in [1.165, 1.54) is 16.4 Å². The lowest BCUT2D eigenvalue weighted by Gasteiger charge is -2.31. The van der Waals surface area contributed by atoms with Crippen molar-refractivity contribution in [3.05, 3.63) is 27.7 Å². The van der Waals surface area contributed by atoms with Crippen molar-refractivity contribution in [2.24, 2.45) is 5.92 Å². The van der Waals surface area contributed by atoms with Gasteiger partial charge in [0.05, 0.1) is 4.90 Å². The monoisotopic (exact) mass is 350 g/mol. The van der Waals surface area contributed by atoms with E-state index in [1.807, 2.05) is 7.05 Å². The molecule has 1 aliphatic heterocycles. The molecular formula is C14H20Cl2N2O2S. The van der Waals surface area contributed by atoms with Gasteiger partial charge in [0.15, 0.2) is 0 Å². The van der Waals surface area contributed by atoms with Crippen LogP contribution >= 0.6 is 23.2 Å². The van der Waals surface area contributed by atoms with Crippen molar-refractivity contribution in [2.75, 3.05) is 26.7 Å².